The van der Waals surface area contributed by atoms with Crippen molar-refractivity contribution in [1.29, 1.82) is 0 Å². The van der Waals surface area contributed by atoms with E-state index in [0.29, 0.717) is 13.1 Å². The molecule has 1 amide bonds. The second-order valence-electron chi connectivity index (χ2n) is 4.19. The Morgan fingerprint density at radius 1 is 1.69 bits per heavy atom. The van der Waals surface area contributed by atoms with Gasteiger partial charge in [-0.25, -0.2) is 0 Å². The van der Waals surface area contributed by atoms with Gasteiger partial charge in [-0.2, -0.15) is 0 Å². The number of hydrogen-bond acceptors (Lipinski definition) is 4. The predicted molar refractivity (Wildman–Crippen MR) is 61.1 cm³/mol. The van der Waals surface area contributed by atoms with Crippen molar-refractivity contribution in [3.8, 4) is 0 Å². The summed E-state index contributed by atoms with van der Waals surface area (Å²) in [5.41, 5.74) is -0.214. The summed E-state index contributed by atoms with van der Waals surface area (Å²) in [6, 6.07) is 0. The Morgan fingerprint density at radius 2 is 2.38 bits per heavy atom. The summed E-state index contributed by atoms with van der Waals surface area (Å²) >= 11 is 0. The highest BCUT2D eigenvalue weighted by atomic mass is 16.5. The molecule has 0 saturated carbocycles. The molecule has 1 aliphatic rings. The van der Waals surface area contributed by atoms with Gasteiger partial charge in [-0.15, -0.1) is 6.58 Å². The highest BCUT2D eigenvalue weighted by molar-refractivity contribution is 5.77. The van der Waals surface area contributed by atoms with Gasteiger partial charge in [0, 0.05) is 26.2 Å². The van der Waals surface area contributed by atoms with E-state index >= 15 is 0 Å². The number of carbonyl (C=O) groups is 1. The van der Waals surface area contributed by atoms with Gasteiger partial charge in [-0.3, -0.25) is 4.79 Å². The summed E-state index contributed by atoms with van der Waals surface area (Å²) < 4.78 is 5.53. The fourth-order valence-corrected chi connectivity index (χ4v) is 1.50. The number of hydrogen-bond donors (Lipinski definition) is 2. The zero-order valence-corrected chi connectivity index (χ0v) is 9.74. The summed E-state index contributed by atoms with van der Waals surface area (Å²) in [6.07, 6.45) is 1.64. The molecule has 5 heteroatoms. The van der Waals surface area contributed by atoms with Gasteiger partial charge in [-0.05, 0) is 6.92 Å². The second kappa shape index (κ2) is 5.98. The average Bonchev–Trinajstić information content (AvgIpc) is 2.23. The van der Waals surface area contributed by atoms with Crippen LogP contribution in [0.2, 0.25) is 0 Å². The third-order valence-electron chi connectivity index (χ3n) is 2.61. The molecule has 16 heavy (non-hydrogen) atoms. The van der Waals surface area contributed by atoms with Gasteiger partial charge in [0.1, 0.15) is 6.61 Å². The largest absolute Gasteiger partial charge is 0.395 e. The van der Waals surface area contributed by atoms with E-state index in [1.54, 1.807) is 6.08 Å². The van der Waals surface area contributed by atoms with Crippen LogP contribution in [0.1, 0.15) is 6.92 Å². The minimum absolute atomic E-state index is 0.0433. The summed E-state index contributed by atoms with van der Waals surface area (Å²) in [7, 11) is 0. The Morgan fingerprint density at radius 3 is 2.81 bits per heavy atom. The van der Waals surface area contributed by atoms with Crippen molar-refractivity contribution >= 4 is 5.91 Å². The minimum atomic E-state index is -0.214. The minimum Gasteiger partial charge on any atom is -0.395 e. The quantitative estimate of drug-likeness (QED) is 0.570. The van der Waals surface area contributed by atoms with E-state index < -0.39 is 0 Å². The lowest BCUT2D eigenvalue weighted by atomic mass is 10.0. The van der Waals surface area contributed by atoms with Crippen molar-refractivity contribution in [2.45, 2.75) is 12.5 Å². The van der Waals surface area contributed by atoms with Crippen LogP contribution in [0.25, 0.3) is 0 Å². The first-order valence-electron chi connectivity index (χ1n) is 5.45. The number of rotatable bonds is 7. The zero-order chi connectivity index (χ0) is 12.0. The van der Waals surface area contributed by atoms with Crippen molar-refractivity contribution in [3.63, 3.8) is 0 Å². The van der Waals surface area contributed by atoms with Gasteiger partial charge in [-0.1, -0.05) is 6.08 Å². The predicted octanol–water partition coefficient (Wildman–Crippen LogP) is -0.628. The lowest BCUT2D eigenvalue weighted by molar-refractivity contribution is -0.145. The molecule has 1 rings (SSSR count). The van der Waals surface area contributed by atoms with E-state index in [4.69, 9.17) is 9.84 Å². The van der Waals surface area contributed by atoms with E-state index in [-0.39, 0.29) is 24.7 Å². The standard InChI is InChI=1S/C11H20N2O3/c1-3-4-13(5-6-14)10(15)7-16-11(2)8-12-9-11/h3,12,14H,1,4-9H2,2H3. The fourth-order valence-electron chi connectivity index (χ4n) is 1.50. The van der Waals surface area contributed by atoms with Gasteiger partial charge >= 0.3 is 0 Å². The van der Waals surface area contributed by atoms with Gasteiger partial charge in [0.15, 0.2) is 0 Å². The number of nitrogens with one attached hydrogen (secondary N) is 1. The van der Waals surface area contributed by atoms with Crippen molar-refractivity contribution in [3.05, 3.63) is 12.7 Å². The average molecular weight is 228 g/mol. The van der Waals surface area contributed by atoms with Crippen molar-refractivity contribution in [2.75, 3.05) is 39.4 Å². The molecule has 1 heterocycles. The summed E-state index contributed by atoms with van der Waals surface area (Å²) in [5, 5.41) is 11.9. The Kier molecular flexibility index (Phi) is 4.92. The molecule has 0 bridgehead atoms. The smallest absolute Gasteiger partial charge is 0.248 e. The van der Waals surface area contributed by atoms with Crippen molar-refractivity contribution in [2.24, 2.45) is 0 Å². The monoisotopic (exact) mass is 228 g/mol. The van der Waals surface area contributed by atoms with Crippen molar-refractivity contribution in [1.82, 2.24) is 10.2 Å². The maximum absolute atomic E-state index is 11.7. The highest BCUT2D eigenvalue weighted by Gasteiger charge is 2.33. The molecule has 0 aromatic rings. The molecule has 0 aromatic carbocycles. The van der Waals surface area contributed by atoms with Crippen LogP contribution in [0.3, 0.4) is 0 Å². The molecule has 0 aromatic heterocycles. The number of carbonyl (C=O) groups excluding carboxylic acids is 1. The summed E-state index contributed by atoms with van der Waals surface area (Å²) in [4.78, 5) is 13.3. The van der Waals surface area contributed by atoms with Crippen LogP contribution >= 0.6 is 0 Å². The Labute approximate surface area is 96.1 Å². The van der Waals surface area contributed by atoms with Crippen LogP contribution < -0.4 is 5.32 Å². The molecule has 5 nitrogen and oxygen atoms in total. The molecule has 1 aliphatic heterocycles. The topological polar surface area (TPSA) is 61.8 Å². The first-order valence-corrected chi connectivity index (χ1v) is 5.45. The molecule has 0 unspecified atom stereocenters. The zero-order valence-electron chi connectivity index (χ0n) is 9.74. The maximum Gasteiger partial charge on any atom is 0.248 e. The molecule has 0 spiro atoms. The molecule has 1 saturated heterocycles. The summed E-state index contributed by atoms with van der Waals surface area (Å²) in [6.45, 7) is 7.89. The number of aliphatic hydroxyl groups is 1. The van der Waals surface area contributed by atoms with Gasteiger partial charge in [0.2, 0.25) is 5.91 Å². The van der Waals surface area contributed by atoms with Gasteiger partial charge < -0.3 is 20.1 Å². The Bertz CT molecular complexity index is 252. The molecule has 0 atom stereocenters. The van der Waals surface area contributed by atoms with Crippen LogP contribution in [0.4, 0.5) is 0 Å². The van der Waals surface area contributed by atoms with E-state index in [2.05, 4.69) is 11.9 Å². The van der Waals surface area contributed by atoms with Gasteiger partial charge in [0.05, 0.1) is 12.2 Å². The molecule has 1 fully saturated rings. The fraction of sp³-hybridized carbons (Fsp3) is 0.727. The first-order chi connectivity index (χ1) is 7.61. The van der Waals surface area contributed by atoms with Crippen LogP contribution in [-0.4, -0.2) is 60.9 Å². The molecular formula is C11H20N2O3. The van der Waals surface area contributed by atoms with E-state index in [0.717, 1.165) is 13.1 Å². The molecule has 0 radical (unpaired) electrons. The third kappa shape index (κ3) is 3.59. The molecule has 2 N–H and O–H groups in total. The van der Waals surface area contributed by atoms with Crippen LogP contribution in [0.15, 0.2) is 12.7 Å². The number of aliphatic hydroxyl groups excluding tert-OH is 1. The Hall–Kier alpha value is -0.910. The third-order valence-corrected chi connectivity index (χ3v) is 2.61. The molecule has 92 valence electrons. The van der Waals surface area contributed by atoms with E-state index in [1.165, 1.54) is 4.90 Å². The van der Waals surface area contributed by atoms with E-state index in [1.807, 2.05) is 6.92 Å². The SMILES string of the molecule is C=CCN(CCO)C(=O)COC1(C)CNC1. The van der Waals surface area contributed by atoms with Crippen LogP contribution in [0, 0.1) is 0 Å². The lowest BCUT2D eigenvalue weighted by Crippen LogP contribution is -2.59. The van der Waals surface area contributed by atoms with Crippen LogP contribution in [-0.2, 0) is 9.53 Å². The Balaban J connectivity index is 2.32. The first kappa shape index (κ1) is 13.2. The number of nitrogens with zero attached hydrogens (tertiary/aromatic N) is 1. The summed E-state index contributed by atoms with van der Waals surface area (Å²) in [5.74, 6) is -0.109. The number of ether oxygens (including phenoxy) is 1. The normalized spacial score (nSPS) is 17.6. The van der Waals surface area contributed by atoms with E-state index in [9.17, 15) is 4.79 Å². The number of amides is 1. The second-order valence-corrected chi connectivity index (χ2v) is 4.19. The van der Waals surface area contributed by atoms with Crippen molar-refractivity contribution < 1.29 is 14.6 Å². The molecule has 0 aliphatic carbocycles. The maximum atomic E-state index is 11.7. The lowest BCUT2D eigenvalue weighted by Gasteiger charge is -2.39. The molecular weight excluding hydrogens is 208 g/mol. The van der Waals surface area contributed by atoms with Crippen LogP contribution in [0.5, 0.6) is 0 Å². The highest BCUT2D eigenvalue weighted by Crippen LogP contribution is 2.14. The van der Waals surface area contributed by atoms with Gasteiger partial charge in [0.25, 0.3) is 0 Å².